The van der Waals surface area contributed by atoms with Gasteiger partial charge in [0.2, 0.25) is 0 Å². The van der Waals surface area contributed by atoms with Crippen molar-refractivity contribution in [3.8, 4) is 11.3 Å². The summed E-state index contributed by atoms with van der Waals surface area (Å²) < 4.78 is 43.3. The molecule has 6 nitrogen and oxygen atoms in total. The summed E-state index contributed by atoms with van der Waals surface area (Å²) in [6, 6.07) is 3.02. The topological polar surface area (TPSA) is 78.0 Å². The minimum absolute atomic E-state index is 0.0351. The van der Waals surface area contributed by atoms with Gasteiger partial charge in [-0.25, -0.2) is 22.8 Å². The summed E-state index contributed by atoms with van der Waals surface area (Å²) >= 11 is 0. The third kappa shape index (κ3) is 2.80. The lowest BCUT2D eigenvalue weighted by Gasteiger charge is -2.04. The normalized spacial score (nSPS) is 12.1. The molecule has 0 fully saturated rings. The summed E-state index contributed by atoms with van der Waals surface area (Å²) in [5, 5.41) is 0. The minimum Gasteiger partial charge on any atom is -0.444 e. The molecule has 0 saturated heterocycles. The molecule has 3 aromatic rings. The number of hydrogen-bond acceptors (Lipinski definition) is 5. The Balaban J connectivity index is 2.07. The molecule has 2 aromatic heterocycles. The predicted molar refractivity (Wildman–Crippen MR) is 74.9 cm³/mol. The average molecular weight is 309 g/mol. The maximum atomic E-state index is 14.1. The number of rotatable bonds is 4. The number of sulfone groups is 1. The molecule has 0 bridgehead atoms. The van der Waals surface area contributed by atoms with Gasteiger partial charge in [0.1, 0.15) is 15.4 Å². The molecule has 0 amide bonds. The summed E-state index contributed by atoms with van der Waals surface area (Å²) in [7, 11) is -3.10. The summed E-state index contributed by atoms with van der Waals surface area (Å²) in [5.41, 5.74) is 1.25. The molecule has 0 radical (unpaired) electrons. The molecule has 0 aliphatic rings. The molecule has 110 valence electrons. The maximum absolute atomic E-state index is 14.1. The van der Waals surface area contributed by atoms with E-state index in [9.17, 15) is 12.8 Å². The van der Waals surface area contributed by atoms with Crippen LogP contribution in [0.2, 0.25) is 0 Å². The molecule has 0 saturated carbocycles. The second-order valence-electron chi connectivity index (χ2n) is 4.76. The van der Waals surface area contributed by atoms with E-state index in [1.54, 1.807) is 10.6 Å². The Bertz CT molecular complexity index is 885. The molecule has 0 spiro atoms. The van der Waals surface area contributed by atoms with E-state index in [-0.39, 0.29) is 17.8 Å². The van der Waals surface area contributed by atoms with Gasteiger partial charge in [-0.1, -0.05) is 0 Å². The Morgan fingerprint density at radius 1 is 1.38 bits per heavy atom. The van der Waals surface area contributed by atoms with Crippen LogP contribution in [-0.2, 0) is 16.4 Å². The van der Waals surface area contributed by atoms with E-state index in [2.05, 4.69) is 9.97 Å². The van der Waals surface area contributed by atoms with Crippen LogP contribution in [0.1, 0.15) is 0 Å². The third-order valence-corrected chi connectivity index (χ3v) is 4.02. The SMILES string of the molecule is CS(=O)(=O)CCn1cnc2c(F)cc(-c3cnco3)cc21. The fraction of sp³-hybridized carbons (Fsp3) is 0.231. The number of oxazole rings is 1. The summed E-state index contributed by atoms with van der Waals surface area (Å²) in [6.45, 7) is 0.217. The van der Waals surface area contributed by atoms with Crippen LogP contribution in [0, 0.1) is 5.82 Å². The van der Waals surface area contributed by atoms with Gasteiger partial charge in [-0.2, -0.15) is 0 Å². The lowest BCUT2D eigenvalue weighted by molar-refractivity contribution is 0.570. The number of fused-ring (bicyclic) bond motifs is 1. The Hall–Kier alpha value is -2.22. The van der Waals surface area contributed by atoms with Crippen molar-refractivity contribution in [2.75, 3.05) is 12.0 Å². The molecule has 0 aliphatic heterocycles. The number of benzene rings is 1. The van der Waals surface area contributed by atoms with Crippen LogP contribution < -0.4 is 0 Å². The lowest BCUT2D eigenvalue weighted by Crippen LogP contribution is -2.10. The third-order valence-electron chi connectivity index (χ3n) is 3.10. The van der Waals surface area contributed by atoms with E-state index in [1.807, 2.05) is 0 Å². The standard InChI is InChI=1S/C13H12FN3O3S/c1-21(18,19)3-2-17-7-16-13-10(14)4-9(5-11(13)17)12-6-15-8-20-12/h4-8H,2-3H2,1H3. The highest BCUT2D eigenvalue weighted by Crippen LogP contribution is 2.26. The highest BCUT2D eigenvalue weighted by Gasteiger charge is 2.13. The molecule has 0 unspecified atom stereocenters. The molecule has 8 heteroatoms. The average Bonchev–Trinajstić information content (AvgIpc) is 3.05. The summed E-state index contributed by atoms with van der Waals surface area (Å²) in [5.74, 6) is -0.0873. The predicted octanol–water partition coefficient (Wildman–Crippen LogP) is 1.87. The van der Waals surface area contributed by atoms with Gasteiger partial charge < -0.3 is 8.98 Å². The summed E-state index contributed by atoms with van der Waals surface area (Å²) in [4.78, 5) is 7.78. The Morgan fingerprint density at radius 3 is 2.86 bits per heavy atom. The van der Waals surface area contributed by atoms with Crippen LogP contribution in [0.25, 0.3) is 22.4 Å². The molecule has 0 N–H and O–H groups in total. The van der Waals surface area contributed by atoms with E-state index in [4.69, 9.17) is 4.42 Å². The molecule has 21 heavy (non-hydrogen) atoms. The van der Waals surface area contributed by atoms with Crippen molar-refractivity contribution >= 4 is 20.9 Å². The molecule has 1 aromatic carbocycles. The highest BCUT2D eigenvalue weighted by molar-refractivity contribution is 7.90. The number of imidazole rings is 1. The Labute approximate surface area is 120 Å². The second kappa shape index (κ2) is 4.96. The number of aromatic nitrogens is 3. The lowest BCUT2D eigenvalue weighted by atomic mass is 10.1. The number of nitrogens with zero attached hydrogens (tertiary/aromatic N) is 3. The maximum Gasteiger partial charge on any atom is 0.181 e. The zero-order valence-corrected chi connectivity index (χ0v) is 12.0. The summed E-state index contributed by atoms with van der Waals surface area (Å²) in [6.07, 6.45) is 5.34. The Kier molecular flexibility index (Phi) is 3.25. The largest absolute Gasteiger partial charge is 0.444 e. The number of halogens is 1. The van der Waals surface area contributed by atoms with Crippen LogP contribution in [0.5, 0.6) is 0 Å². The number of hydrogen-bond donors (Lipinski definition) is 0. The van der Waals surface area contributed by atoms with Gasteiger partial charge in [-0.15, -0.1) is 0 Å². The van der Waals surface area contributed by atoms with Crippen molar-refractivity contribution in [2.24, 2.45) is 0 Å². The van der Waals surface area contributed by atoms with Crippen molar-refractivity contribution in [3.05, 3.63) is 36.9 Å². The van der Waals surface area contributed by atoms with Crippen molar-refractivity contribution in [1.82, 2.24) is 14.5 Å². The van der Waals surface area contributed by atoms with Crippen molar-refractivity contribution < 1.29 is 17.2 Å². The zero-order chi connectivity index (χ0) is 15.0. The van der Waals surface area contributed by atoms with Gasteiger partial charge in [0, 0.05) is 18.4 Å². The fourth-order valence-electron chi connectivity index (χ4n) is 2.06. The molecular formula is C13H12FN3O3S. The van der Waals surface area contributed by atoms with E-state index < -0.39 is 15.7 Å². The molecular weight excluding hydrogens is 297 g/mol. The smallest absolute Gasteiger partial charge is 0.181 e. The van der Waals surface area contributed by atoms with Crippen molar-refractivity contribution in [2.45, 2.75) is 6.54 Å². The fourth-order valence-corrected chi connectivity index (χ4v) is 2.59. The van der Waals surface area contributed by atoms with Gasteiger partial charge in [0.05, 0.1) is 23.8 Å². The van der Waals surface area contributed by atoms with Gasteiger partial charge in [-0.3, -0.25) is 0 Å². The van der Waals surface area contributed by atoms with Gasteiger partial charge in [-0.05, 0) is 12.1 Å². The minimum atomic E-state index is -3.10. The van der Waals surface area contributed by atoms with Crippen LogP contribution in [-0.4, -0.2) is 35.0 Å². The van der Waals surface area contributed by atoms with E-state index in [1.165, 1.54) is 25.0 Å². The first kappa shape index (κ1) is 13.7. The first-order chi connectivity index (χ1) is 9.94. The quantitative estimate of drug-likeness (QED) is 0.735. The first-order valence-corrected chi connectivity index (χ1v) is 8.21. The van der Waals surface area contributed by atoms with Crippen molar-refractivity contribution in [3.63, 3.8) is 0 Å². The van der Waals surface area contributed by atoms with Gasteiger partial charge >= 0.3 is 0 Å². The van der Waals surface area contributed by atoms with Crippen LogP contribution in [0.4, 0.5) is 4.39 Å². The van der Waals surface area contributed by atoms with Gasteiger partial charge in [0.25, 0.3) is 0 Å². The van der Waals surface area contributed by atoms with E-state index in [0.29, 0.717) is 16.8 Å². The van der Waals surface area contributed by atoms with Crippen molar-refractivity contribution in [1.29, 1.82) is 0 Å². The first-order valence-electron chi connectivity index (χ1n) is 6.15. The van der Waals surface area contributed by atoms with Crippen LogP contribution in [0.15, 0.2) is 35.5 Å². The van der Waals surface area contributed by atoms with Crippen LogP contribution in [0.3, 0.4) is 0 Å². The zero-order valence-electron chi connectivity index (χ0n) is 11.2. The highest BCUT2D eigenvalue weighted by atomic mass is 32.2. The van der Waals surface area contributed by atoms with Crippen LogP contribution >= 0.6 is 0 Å². The number of aryl methyl sites for hydroxylation is 1. The second-order valence-corrected chi connectivity index (χ2v) is 7.02. The van der Waals surface area contributed by atoms with Gasteiger partial charge in [0.15, 0.2) is 18.0 Å². The molecule has 0 aliphatic carbocycles. The monoisotopic (exact) mass is 309 g/mol. The molecule has 3 rings (SSSR count). The molecule has 0 atom stereocenters. The Morgan fingerprint density at radius 2 is 2.19 bits per heavy atom. The van der Waals surface area contributed by atoms with E-state index >= 15 is 0 Å². The molecule has 2 heterocycles. The van der Waals surface area contributed by atoms with E-state index in [0.717, 1.165) is 6.26 Å².